The Balaban J connectivity index is 1.07. The largest absolute Gasteiger partial charge is 0.378 e. The fourth-order valence-corrected chi connectivity index (χ4v) is 8.79. The van der Waals surface area contributed by atoms with Crippen LogP contribution in [0.25, 0.3) is 44.5 Å². The summed E-state index contributed by atoms with van der Waals surface area (Å²) in [7, 11) is 0. The maximum atomic E-state index is 5.07. The lowest BCUT2D eigenvalue weighted by Crippen LogP contribution is -2.16. The molecule has 0 fully saturated rings. The van der Waals surface area contributed by atoms with Crippen LogP contribution in [0.15, 0.2) is 176 Å². The molecule has 0 atom stereocenters. The molecule has 0 amide bonds. The number of benzene rings is 7. The first kappa shape index (κ1) is 33.6. The molecule has 1 aromatic heterocycles. The lowest BCUT2D eigenvalue weighted by molar-refractivity contribution is 0.660. The van der Waals surface area contributed by atoms with Crippen molar-refractivity contribution in [2.75, 3.05) is 15.5 Å². The number of nitrogens with one attached hydrogen (secondary N) is 2. The molecule has 270 valence electrons. The Kier molecular flexibility index (Phi) is 8.07. The first-order valence-corrected chi connectivity index (χ1v) is 19.4. The first-order chi connectivity index (χ1) is 27.4. The van der Waals surface area contributed by atoms with Crippen LogP contribution in [-0.4, -0.2) is 4.98 Å². The molecule has 8 aromatic rings. The second-order valence-corrected chi connectivity index (χ2v) is 15.4. The predicted octanol–water partition coefficient (Wildman–Crippen LogP) is 13.8. The van der Waals surface area contributed by atoms with E-state index in [1.165, 1.54) is 50.1 Å². The molecule has 2 N–H and O–H groups in total. The third-order valence-electron chi connectivity index (χ3n) is 11.7. The van der Waals surface area contributed by atoms with Crippen molar-refractivity contribution >= 4 is 34.3 Å². The summed E-state index contributed by atoms with van der Waals surface area (Å²) >= 11 is 0. The second-order valence-electron chi connectivity index (χ2n) is 15.4. The van der Waals surface area contributed by atoms with Gasteiger partial charge in [-0.25, -0.2) is 4.98 Å². The average Bonchev–Trinajstić information content (AvgIpc) is 3.51. The summed E-state index contributed by atoms with van der Waals surface area (Å²) < 4.78 is 0. The third-order valence-corrected chi connectivity index (χ3v) is 11.7. The molecule has 1 aliphatic heterocycles. The highest BCUT2D eigenvalue weighted by Crippen LogP contribution is 2.50. The van der Waals surface area contributed by atoms with Crippen LogP contribution in [0.2, 0.25) is 0 Å². The fourth-order valence-electron chi connectivity index (χ4n) is 8.79. The Morgan fingerprint density at radius 3 is 2.05 bits per heavy atom. The van der Waals surface area contributed by atoms with Gasteiger partial charge in [0.05, 0.1) is 17.1 Å². The molecule has 7 aromatic carbocycles. The van der Waals surface area contributed by atoms with E-state index in [2.05, 4.69) is 206 Å². The molecule has 0 spiro atoms. The van der Waals surface area contributed by atoms with E-state index in [0.717, 1.165) is 50.9 Å². The number of rotatable bonds is 5. The Morgan fingerprint density at radius 2 is 1.21 bits per heavy atom. The van der Waals surface area contributed by atoms with Crippen molar-refractivity contribution in [1.82, 2.24) is 4.98 Å². The number of hydrogen-bond acceptors (Lipinski definition) is 4. The number of anilines is 6. The molecule has 4 heteroatoms. The monoisotopic (exact) mass is 722 g/mol. The van der Waals surface area contributed by atoms with E-state index in [1.54, 1.807) is 0 Å². The van der Waals surface area contributed by atoms with Gasteiger partial charge in [0.25, 0.3) is 0 Å². The zero-order valence-corrected chi connectivity index (χ0v) is 31.8. The van der Waals surface area contributed by atoms with Crippen LogP contribution in [0.4, 0.5) is 34.3 Å². The number of fused-ring (bicyclic) bond motifs is 7. The Bertz CT molecular complexity index is 2780. The van der Waals surface area contributed by atoms with Crippen LogP contribution < -0.4 is 15.5 Å². The normalized spacial score (nSPS) is 13.3. The van der Waals surface area contributed by atoms with Gasteiger partial charge in [-0.05, 0) is 117 Å². The van der Waals surface area contributed by atoms with Crippen molar-refractivity contribution in [2.45, 2.75) is 32.7 Å². The minimum Gasteiger partial charge on any atom is -0.378 e. The lowest BCUT2D eigenvalue weighted by Gasteiger charge is -2.30. The van der Waals surface area contributed by atoms with Crippen LogP contribution in [0.5, 0.6) is 0 Å². The first-order valence-electron chi connectivity index (χ1n) is 19.4. The number of hydrogen-bond donors (Lipinski definition) is 2. The number of aryl methyl sites for hydroxylation is 1. The maximum absolute atomic E-state index is 5.07. The van der Waals surface area contributed by atoms with Gasteiger partial charge >= 0.3 is 0 Å². The molecule has 0 saturated heterocycles. The molecular formula is C52H42N4. The van der Waals surface area contributed by atoms with Crippen molar-refractivity contribution in [2.24, 2.45) is 0 Å². The van der Waals surface area contributed by atoms with Gasteiger partial charge in [0.15, 0.2) is 0 Å². The minimum atomic E-state index is -0.0520. The lowest BCUT2D eigenvalue weighted by atomic mass is 9.81. The second kappa shape index (κ2) is 13.4. The molecule has 0 radical (unpaired) electrons. The minimum absolute atomic E-state index is 0.0520. The van der Waals surface area contributed by atoms with E-state index in [9.17, 15) is 0 Å². The van der Waals surface area contributed by atoms with Crippen LogP contribution in [0.3, 0.4) is 0 Å². The summed E-state index contributed by atoms with van der Waals surface area (Å²) in [4.78, 5) is 7.37. The number of pyridine rings is 1. The van der Waals surface area contributed by atoms with Gasteiger partial charge in [0.2, 0.25) is 0 Å². The van der Waals surface area contributed by atoms with Gasteiger partial charge in [-0.2, -0.15) is 0 Å². The van der Waals surface area contributed by atoms with E-state index < -0.39 is 0 Å². The maximum Gasteiger partial charge on any atom is 0.138 e. The summed E-state index contributed by atoms with van der Waals surface area (Å²) in [5.74, 6) is 0.843. The van der Waals surface area contributed by atoms with Crippen molar-refractivity contribution < 1.29 is 0 Å². The molecule has 0 bridgehead atoms. The van der Waals surface area contributed by atoms with Crippen LogP contribution in [-0.2, 0) is 12.0 Å². The topological polar surface area (TPSA) is 40.2 Å². The predicted molar refractivity (Wildman–Crippen MR) is 235 cm³/mol. The smallest absolute Gasteiger partial charge is 0.138 e. The van der Waals surface area contributed by atoms with Crippen molar-refractivity contribution in [3.05, 3.63) is 198 Å². The summed E-state index contributed by atoms with van der Waals surface area (Å²) in [6.45, 7) is 7.54. The van der Waals surface area contributed by atoms with Gasteiger partial charge in [-0.3, -0.25) is 4.90 Å². The SMILES string of the molecule is Cc1ccc2c(c1N(c1ccccc1)c1cc(-c3cccc(-c4ccc5c(c4)C(C)(C)c4ccccc4-5)c3)ccn1)NCc1ccccc1-c1ccccc1N2. The van der Waals surface area contributed by atoms with Gasteiger partial charge in [0.1, 0.15) is 5.82 Å². The standard InChI is InChI=1S/C52H42N4/c1-34-24-27-48-50(54-33-39-14-7-8-19-41(39)44-21-10-12-23-47(44)55-48)51(34)56(40-17-5-4-6-18-40)49-32-38(28-29-53-49)36-16-13-15-35(30-36)37-25-26-43-42-20-9-11-22-45(42)52(2,3)46(43)31-37/h4-32,54-55H,33H2,1-3H3. The van der Waals surface area contributed by atoms with Gasteiger partial charge in [-0.15, -0.1) is 0 Å². The fraction of sp³-hybridized carbons (Fsp3) is 0.0962. The summed E-state index contributed by atoms with van der Waals surface area (Å²) in [5, 5.41) is 7.72. The van der Waals surface area contributed by atoms with E-state index in [0.29, 0.717) is 6.54 Å². The number of nitrogens with zero attached hydrogens (tertiary/aromatic N) is 2. The highest BCUT2D eigenvalue weighted by Gasteiger charge is 2.35. The van der Waals surface area contributed by atoms with E-state index in [-0.39, 0.29) is 5.41 Å². The summed E-state index contributed by atoms with van der Waals surface area (Å²) in [5.41, 5.74) is 20.1. The highest BCUT2D eigenvalue weighted by molar-refractivity contribution is 5.96. The van der Waals surface area contributed by atoms with Crippen molar-refractivity contribution in [3.8, 4) is 44.5 Å². The van der Waals surface area contributed by atoms with Gasteiger partial charge in [0, 0.05) is 35.1 Å². The van der Waals surface area contributed by atoms with Crippen LogP contribution in [0, 0.1) is 6.92 Å². The zero-order chi connectivity index (χ0) is 37.8. The summed E-state index contributed by atoms with van der Waals surface area (Å²) in [6, 6.07) is 61.3. The quantitative estimate of drug-likeness (QED) is 0.186. The Hall–Kier alpha value is -6.91. The molecular weight excluding hydrogens is 681 g/mol. The zero-order valence-electron chi connectivity index (χ0n) is 31.8. The summed E-state index contributed by atoms with van der Waals surface area (Å²) in [6.07, 6.45) is 1.94. The molecule has 0 unspecified atom stereocenters. The Morgan fingerprint density at radius 1 is 0.536 bits per heavy atom. The van der Waals surface area contributed by atoms with Crippen LogP contribution in [0.1, 0.15) is 36.1 Å². The van der Waals surface area contributed by atoms with E-state index >= 15 is 0 Å². The third kappa shape index (κ3) is 5.65. The van der Waals surface area contributed by atoms with E-state index in [1.807, 2.05) is 6.20 Å². The molecule has 1 aliphatic carbocycles. The molecule has 2 aliphatic rings. The molecule has 2 heterocycles. The van der Waals surface area contributed by atoms with Crippen LogP contribution >= 0.6 is 0 Å². The average molecular weight is 723 g/mol. The number of para-hydroxylation sites is 2. The molecule has 0 saturated carbocycles. The highest BCUT2D eigenvalue weighted by atomic mass is 15.2. The molecule has 56 heavy (non-hydrogen) atoms. The van der Waals surface area contributed by atoms with Crippen molar-refractivity contribution in [3.63, 3.8) is 0 Å². The van der Waals surface area contributed by atoms with Crippen molar-refractivity contribution in [1.29, 1.82) is 0 Å². The van der Waals surface area contributed by atoms with Gasteiger partial charge < -0.3 is 10.6 Å². The number of aromatic nitrogens is 1. The molecule has 10 rings (SSSR count). The van der Waals surface area contributed by atoms with E-state index in [4.69, 9.17) is 4.98 Å². The molecule has 4 nitrogen and oxygen atoms in total. The Labute approximate surface area is 329 Å². The van der Waals surface area contributed by atoms with Gasteiger partial charge in [-0.1, -0.05) is 135 Å².